The number of benzene rings is 2. The van der Waals surface area contributed by atoms with E-state index in [9.17, 15) is 19.7 Å². The Morgan fingerprint density at radius 3 is 2.33 bits per heavy atom. The lowest BCUT2D eigenvalue weighted by atomic mass is 9.94. The quantitative estimate of drug-likeness (QED) is 0.504. The summed E-state index contributed by atoms with van der Waals surface area (Å²) < 4.78 is 0. The minimum Gasteiger partial charge on any atom is -0.336 e. The minimum atomic E-state index is -0.500. The van der Waals surface area contributed by atoms with Crippen molar-refractivity contribution in [2.75, 3.05) is 31.5 Å². The van der Waals surface area contributed by atoms with Gasteiger partial charge in [0.25, 0.3) is 11.6 Å². The van der Waals surface area contributed by atoms with Crippen molar-refractivity contribution in [1.82, 2.24) is 9.80 Å². The van der Waals surface area contributed by atoms with E-state index in [1.54, 1.807) is 35.2 Å². The molecule has 33 heavy (non-hydrogen) atoms. The van der Waals surface area contributed by atoms with Crippen LogP contribution in [0.1, 0.15) is 36.0 Å². The van der Waals surface area contributed by atoms with Gasteiger partial charge in [-0.1, -0.05) is 30.5 Å². The molecule has 1 saturated heterocycles. The van der Waals surface area contributed by atoms with Crippen molar-refractivity contribution in [2.45, 2.75) is 31.7 Å². The number of carbonyl (C=O) groups is 2. The van der Waals surface area contributed by atoms with Crippen LogP contribution in [0.3, 0.4) is 0 Å². The Morgan fingerprint density at radius 2 is 1.70 bits per heavy atom. The molecular weight excluding hydrogens is 444 g/mol. The number of rotatable bonds is 6. The molecule has 4 rings (SSSR count). The Kier molecular flexibility index (Phi) is 7.25. The van der Waals surface area contributed by atoms with Crippen LogP contribution in [0.15, 0.2) is 48.5 Å². The fourth-order valence-corrected chi connectivity index (χ4v) is 4.96. The summed E-state index contributed by atoms with van der Waals surface area (Å²) in [6.45, 7) is 2.10. The third-order valence-electron chi connectivity index (χ3n) is 6.53. The van der Waals surface area contributed by atoms with Crippen LogP contribution in [0.25, 0.3) is 0 Å². The molecule has 1 aliphatic heterocycles. The molecule has 0 spiro atoms. The van der Waals surface area contributed by atoms with Crippen LogP contribution in [0, 0.1) is 16.0 Å². The molecule has 9 heteroatoms. The number of halogens is 1. The monoisotopic (exact) mass is 470 g/mol. The molecule has 0 radical (unpaired) electrons. The van der Waals surface area contributed by atoms with Crippen LogP contribution in [-0.2, 0) is 4.79 Å². The molecule has 2 fully saturated rings. The first kappa shape index (κ1) is 23.2. The second-order valence-electron chi connectivity index (χ2n) is 8.62. The van der Waals surface area contributed by atoms with Crippen LogP contribution < -0.4 is 5.32 Å². The van der Waals surface area contributed by atoms with Gasteiger partial charge in [0, 0.05) is 54.6 Å². The van der Waals surface area contributed by atoms with Gasteiger partial charge in [0.15, 0.2) is 0 Å². The molecule has 2 amide bonds. The number of piperazine rings is 1. The molecule has 1 atom stereocenters. The summed E-state index contributed by atoms with van der Waals surface area (Å²) in [6, 6.07) is 12.7. The van der Waals surface area contributed by atoms with Crippen molar-refractivity contribution < 1.29 is 14.5 Å². The van der Waals surface area contributed by atoms with Gasteiger partial charge in [0.05, 0.1) is 11.0 Å². The summed E-state index contributed by atoms with van der Waals surface area (Å²) in [7, 11) is 0. The highest BCUT2D eigenvalue weighted by molar-refractivity contribution is 6.30. The third kappa shape index (κ3) is 5.51. The Balaban J connectivity index is 1.43. The predicted octanol–water partition coefficient (Wildman–Crippen LogP) is 4.20. The Labute approximate surface area is 197 Å². The highest BCUT2D eigenvalue weighted by atomic mass is 35.5. The number of nitro benzene ring substituents is 1. The summed E-state index contributed by atoms with van der Waals surface area (Å²) in [6.07, 6.45) is 4.29. The maximum atomic E-state index is 13.3. The highest BCUT2D eigenvalue weighted by Crippen LogP contribution is 2.32. The normalized spacial score (nSPS) is 18.2. The lowest BCUT2D eigenvalue weighted by molar-refractivity contribution is -0.384. The maximum absolute atomic E-state index is 13.3. The third-order valence-corrected chi connectivity index (χ3v) is 6.78. The maximum Gasteiger partial charge on any atom is 0.270 e. The molecule has 8 nitrogen and oxygen atoms in total. The molecule has 174 valence electrons. The van der Waals surface area contributed by atoms with E-state index < -0.39 is 4.92 Å². The zero-order chi connectivity index (χ0) is 23.4. The fourth-order valence-electron chi connectivity index (χ4n) is 4.84. The fraction of sp³-hybridized carbons (Fsp3) is 0.417. The van der Waals surface area contributed by atoms with Crippen molar-refractivity contribution in [3.63, 3.8) is 0 Å². The van der Waals surface area contributed by atoms with E-state index >= 15 is 0 Å². The number of nitrogens with one attached hydrogen (secondary N) is 1. The summed E-state index contributed by atoms with van der Waals surface area (Å²) >= 11 is 5.96. The van der Waals surface area contributed by atoms with Gasteiger partial charge < -0.3 is 10.2 Å². The van der Waals surface area contributed by atoms with Crippen molar-refractivity contribution >= 4 is 34.8 Å². The van der Waals surface area contributed by atoms with Gasteiger partial charge in [-0.25, -0.2) is 0 Å². The van der Waals surface area contributed by atoms with E-state index in [-0.39, 0.29) is 29.5 Å². The second kappa shape index (κ2) is 10.3. The van der Waals surface area contributed by atoms with E-state index in [1.807, 2.05) is 0 Å². The van der Waals surface area contributed by atoms with Gasteiger partial charge in [0.1, 0.15) is 0 Å². The van der Waals surface area contributed by atoms with Crippen LogP contribution in [-0.4, -0.2) is 58.8 Å². The molecular formula is C24H27ClN4O4. The number of carbonyl (C=O) groups excluding carboxylic acids is 2. The molecule has 0 aromatic heterocycles. The van der Waals surface area contributed by atoms with Crippen LogP contribution >= 0.6 is 11.6 Å². The summed E-state index contributed by atoms with van der Waals surface area (Å²) in [5.41, 5.74) is 0.928. The Morgan fingerprint density at radius 1 is 1.03 bits per heavy atom. The van der Waals surface area contributed by atoms with Gasteiger partial charge in [-0.05, 0) is 49.1 Å². The van der Waals surface area contributed by atoms with E-state index in [4.69, 9.17) is 11.6 Å². The van der Waals surface area contributed by atoms with Gasteiger partial charge in [-0.15, -0.1) is 0 Å². The number of nitro groups is 1. The summed E-state index contributed by atoms with van der Waals surface area (Å²) in [4.78, 5) is 40.6. The highest BCUT2D eigenvalue weighted by Gasteiger charge is 2.37. The van der Waals surface area contributed by atoms with Gasteiger partial charge in [-0.3, -0.25) is 24.6 Å². The van der Waals surface area contributed by atoms with E-state index in [0.717, 1.165) is 25.7 Å². The minimum absolute atomic E-state index is 0.0253. The van der Waals surface area contributed by atoms with Gasteiger partial charge >= 0.3 is 0 Å². The second-order valence-corrected chi connectivity index (χ2v) is 9.06. The first-order valence-electron chi connectivity index (χ1n) is 11.3. The zero-order valence-electron chi connectivity index (χ0n) is 18.3. The lowest BCUT2D eigenvalue weighted by Gasteiger charge is -2.40. The van der Waals surface area contributed by atoms with E-state index in [0.29, 0.717) is 42.5 Å². The average Bonchev–Trinajstić information content (AvgIpc) is 3.35. The first-order chi connectivity index (χ1) is 15.9. The van der Waals surface area contributed by atoms with Gasteiger partial charge in [-0.2, -0.15) is 0 Å². The lowest BCUT2D eigenvalue weighted by Crippen LogP contribution is -2.56. The largest absolute Gasteiger partial charge is 0.336 e. The van der Waals surface area contributed by atoms with E-state index in [1.165, 1.54) is 18.2 Å². The number of amides is 2. The SMILES string of the molecule is O=C(Nc1ccc(Cl)cc1)[C@@H](C1CCCC1)N1CCN(C(=O)c2cccc([N+](=O)[O-])c2)CC1. The average molecular weight is 471 g/mol. The molecule has 1 saturated carbocycles. The number of hydrogen-bond donors (Lipinski definition) is 1. The number of anilines is 1. The summed E-state index contributed by atoms with van der Waals surface area (Å²) in [5.74, 6) is 0.0420. The molecule has 2 aromatic carbocycles. The number of hydrogen-bond acceptors (Lipinski definition) is 5. The van der Waals surface area contributed by atoms with Crippen molar-refractivity contribution in [3.8, 4) is 0 Å². The summed E-state index contributed by atoms with van der Waals surface area (Å²) in [5, 5.41) is 14.7. The number of non-ortho nitro benzene ring substituents is 1. The first-order valence-corrected chi connectivity index (χ1v) is 11.6. The van der Waals surface area contributed by atoms with E-state index in [2.05, 4.69) is 10.2 Å². The van der Waals surface area contributed by atoms with Crippen LogP contribution in [0.2, 0.25) is 5.02 Å². The molecule has 1 aliphatic carbocycles. The van der Waals surface area contributed by atoms with Crippen molar-refractivity contribution in [1.29, 1.82) is 0 Å². The molecule has 2 aliphatic rings. The molecule has 1 N–H and O–H groups in total. The van der Waals surface area contributed by atoms with Crippen LogP contribution in [0.5, 0.6) is 0 Å². The van der Waals surface area contributed by atoms with Crippen molar-refractivity contribution in [2.24, 2.45) is 5.92 Å². The zero-order valence-corrected chi connectivity index (χ0v) is 19.0. The molecule has 0 unspecified atom stereocenters. The smallest absolute Gasteiger partial charge is 0.270 e. The molecule has 0 bridgehead atoms. The molecule has 2 aromatic rings. The number of nitrogens with zero attached hydrogens (tertiary/aromatic N) is 3. The van der Waals surface area contributed by atoms with Gasteiger partial charge in [0.2, 0.25) is 5.91 Å². The van der Waals surface area contributed by atoms with Crippen LogP contribution in [0.4, 0.5) is 11.4 Å². The molecule has 1 heterocycles. The predicted molar refractivity (Wildman–Crippen MR) is 126 cm³/mol. The Hall–Kier alpha value is -2.97. The Bertz CT molecular complexity index is 1020. The topological polar surface area (TPSA) is 95.8 Å². The standard InChI is InChI=1S/C24H27ClN4O4/c25-19-8-10-20(11-9-19)26-23(30)22(17-4-1-2-5-17)27-12-14-28(15-13-27)24(31)18-6-3-7-21(16-18)29(32)33/h3,6-11,16-17,22H,1-2,4-5,12-15H2,(H,26,30)/t22-/m1/s1. The van der Waals surface area contributed by atoms with Crippen molar-refractivity contribution in [3.05, 3.63) is 69.2 Å².